The van der Waals surface area contributed by atoms with Crippen LogP contribution < -0.4 is 5.73 Å². The summed E-state index contributed by atoms with van der Waals surface area (Å²) >= 11 is 16.3. The van der Waals surface area contributed by atoms with Gasteiger partial charge in [0.2, 0.25) is 5.78 Å². The molecule has 0 aliphatic carbocycles. The molecule has 6 heteroatoms. The lowest BCUT2D eigenvalue weighted by Crippen LogP contribution is -1.99. The van der Waals surface area contributed by atoms with Crippen molar-refractivity contribution in [1.82, 2.24) is 0 Å². The van der Waals surface area contributed by atoms with E-state index in [1.165, 1.54) is 11.3 Å². The molecule has 0 fully saturated rings. The van der Waals surface area contributed by atoms with E-state index in [0.29, 0.717) is 26.2 Å². The van der Waals surface area contributed by atoms with Gasteiger partial charge in [0.25, 0.3) is 0 Å². The molecule has 0 amide bonds. The maximum Gasteiger partial charge on any atom is 0.203 e. The van der Waals surface area contributed by atoms with Crippen LogP contribution in [0.4, 0.5) is 5.69 Å². The average molecular weight is 351 g/mol. The van der Waals surface area contributed by atoms with E-state index in [-0.39, 0.29) is 5.78 Å². The van der Waals surface area contributed by atoms with Gasteiger partial charge in [0.1, 0.15) is 0 Å². The minimum Gasteiger partial charge on any atom is -0.398 e. The van der Waals surface area contributed by atoms with Crippen molar-refractivity contribution in [1.29, 1.82) is 0 Å². The van der Waals surface area contributed by atoms with Crippen LogP contribution in [0, 0.1) is 0 Å². The maximum atomic E-state index is 12.1. The molecule has 2 nitrogen and oxygen atoms in total. The number of anilines is 1. The van der Waals surface area contributed by atoms with E-state index in [1.54, 1.807) is 24.3 Å². The smallest absolute Gasteiger partial charge is 0.203 e. The predicted molar refractivity (Wildman–Crippen MR) is 76.3 cm³/mol. The second-order valence-corrected chi connectivity index (χ2v) is 6.48. The number of carbonyl (C=O) groups is 1. The standard InChI is InChI=1S/C11H6BrCl2NOS/c12-11-7(14)4-9(17-11)10(16)5-1-2-8(15)6(13)3-5/h1-4H,15H2. The van der Waals surface area contributed by atoms with E-state index < -0.39 is 0 Å². The normalized spacial score (nSPS) is 10.5. The van der Waals surface area contributed by atoms with Gasteiger partial charge in [-0.25, -0.2) is 0 Å². The second-order valence-electron chi connectivity index (χ2n) is 3.30. The highest BCUT2D eigenvalue weighted by atomic mass is 79.9. The summed E-state index contributed by atoms with van der Waals surface area (Å²) in [6.45, 7) is 0. The van der Waals surface area contributed by atoms with Gasteiger partial charge in [-0.05, 0) is 40.2 Å². The van der Waals surface area contributed by atoms with Crippen LogP contribution in [-0.4, -0.2) is 5.78 Å². The lowest BCUT2D eigenvalue weighted by Gasteiger charge is -2.01. The molecule has 0 radical (unpaired) electrons. The Bertz CT molecular complexity index is 578. The van der Waals surface area contributed by atoms with Crippen LogP contribution in [0.15, 0.2) is 28.1 Å². The number of carbonyl (C=O) groups excluding carboxylic acids is 1. The van der Waals surface area contributed by atoms with Crippen LogP contribution in [-0.2, 0) is 0 Å². The Balaban J connectivity index is 2.40. The SMILES string of the molecule is Nc1ccc(C(=O)c2cc(Cl)c(Br)s2)cc1Cl. The number of nitrogens with two attached hydrogens (primary N) is 1. The van der Waals surface area contributed by atoms with Gasteiger partial charge in [-0.15, -0.1) is 11.3 Å². The van der Waals surface area contributed by atoms with Crippen molar-refractivity contribution in [2.75, 3.05) is 5.73 Å². The molecule has 1 aromatic heterocycles. The van der Waals surface area contributed by atoms with E-state index in [1.807, 2.05) is 0 Å². The molecule has 0 aliphatic heterocycles. The first-order valence-electron chi connectivity index (χ1n) is 4.53. The highest BCUT2D eigenvalue weighted by Gasteiger charge is 2.15. The fourth-order valence-electron chi connectivity index (χ4n) is 1.27. The van der Waals surface area contributed by atoms with E-state index in [9.17, 15) is 4.79 Å². The summed E-state index contributed by atoms with van der Waals surface area (Å²) in [6.07, 6.45) is 0. The first-order valence-corrected chi connectivity index (χ1v) is 6.90. The zero-order valence-corrected chi connectivity index (χ0v) is 12.3. The molecule has 1 aromatic carbocycles. The van der Waals surface area contributed by atoms with Crippen LogP contribution in [0.5, 0.6) is 0 Å². The Morgan fingerprint density at radius 1 is 1.24 bits per heavy atom. The number of hydrogen-bond donors (Lipinski definition) is 1. The first-order chi connectivity index (χ1) is 7.99. The fourth-order valence-corrected chi connectivity index (χ4v) is 3.11. The third-order valence-electron chi connectivity index (χ3n) is 2.13. The van der Waals surface area contributed by atoms with E-state index in [0.717, 1.165) is 3.79 Å². The summed E-state index contributed by atoms with van der Waals surface area (Å²) in [4.78, 5) is 12.7. The number of ketones is 1. The van der Waals surface area contributed by atoms with Crippen molar-refractivity contribution in [3.8, 4) is 0 Å². The highest BCUT2D eigenvalue weighted by Crippen LogP contribution is 2.33. The van der Waals surface area contributed by atoms with Gasteiger partial charge in [0.05, 0.1) is 24.4 Å². The molecule has 0 saturated carbocycles. The Kier molecular flexibility index (Phi) is 3.78. The molecule has 2 aromatic rings. The third kappa shape index (κ3) is 2.65. The molecule has 2 N–H and O–H groups in total. The molecular formula is C11H6BrCl2NOS. The van der Waals surface area contributed by atoms with E-state index in [4.69, 9.17) is 28.9 Å². The Hall–Kier alpha value is -0.550. The molecule has 0 aliphatic rings. The minimum atomic E-state index is -0.121. The van der Waals surface area contributed by atoms with Gasteiger partial charge in [-0.3, -0.25) is 4.79 Å². The van der Waals surface area contributed by atoms with Crippen molar-refractivity contribution in [3.63, 3.8) is 0 Å². The molecule has 0 atom stereocenters. The molecule has 17 heavy (non-hydrogen) atoms. The molecular weight excluding hydrogens is 345 g/mol. The van der Waals surface area contributed by atoms with Crippen molar-refractivity contribution < 1.29 is 4.79 Å². The van der Waals surface area contributed by atoms with Crippen LogP contribution >= 0.6 is 50.5 Å². The molecule has 2 rings (SSSR count). The summed E-state index contributed by atoms with van der Waals surface area (Å²) in [7, 11) is 0. The van der Waals surface area contributed by atoms with Gasteiger partial charge >= 0.3 is 0 Å². The van der Waals surface area contributed by atoms with Crippen LogP contribution in [0.2, 0.25) is 10.0 Å². The Morgan fingerprint density at radius 3 is 2.47 bits per heavy atom. The first kappa shape index (κ1) is 12.9. The third-order valence-corrected chi connectivity index (χ3v) is 4.93. The summed E-state index contributed by atoms with van der Waals surface area (Å²) < 4.78 is 0.740. The lowest BCUT2D eigenvalue weighted by atomic mass is 10.1. The second kappa shape index (κ2) is 4.98. The summed E-state index contributed by atoms with van der Waals surface area (Å²) in [5, 5.41) is 0.900. The fraction of sp³-hybridized carbons (Fsp3) is 0. The molecule has 0 spiro atoms. The van der Waals surface area contributed by atoms with Crippen LogP contribution in [0.3, 0.4) is 0 Å². The predicted octanol–water partition coefficient (Wildman–Crippen LogP) is 4.63. The summed E-state index contributed by atoms with van der Waals surface area (Å²) in [6, 6.07) is 6.44. The lowest BCUT2D eigenvalue weighted by molar-refractivity contribution is 0.104. The monoisotopic (exact) mass is 349 g/mol. The number of benzene rings is 1. The Morgan fingerprint density at radius 2 is 1.94 bits per heavy atom. The van der Waals surface area contributed by atoms with Crippen molar-refractivity contribution in [3.05, 3.63) is 48.5 Å². The maximum absolute atomic E-state index is 12.1. The van der Waals surface area contributed by atoms with Gasteiger partial charge in [0.15, 0.2) is 0 Å². The molecule has 88 valence electrons. The van der Waals surface area contributed by atoms with Crippen molar-refractivity contribution in [2.24, 2.45) is 0 Å². The van der Waals surface area contributed by atoms with Crippen LogP contribution in [0.1, 0.15) is 15.2 Å². The zero-order chi connectivity index (χ0) is 12.6. The highest BCUT2D eigenvalue weighted by molar-refractivity contribution is 9.11. The summed E-state index contributed by atoms with van der Waals surface area (Å²) in [5.74, 6) is -0.121. The molecule has 0 unspecified atom stereocenters. The number of thiophene rings is 1. The molecule has 1 heterocycles. The van der Waals surface area contributed by atoms with Crippen LogP contribution in [0.25, 0.3) is 0 Å². The van der Waals surface area contributed by atoms with Gasteiger partial charge in [0, 0.05) is 5.56 Å². The van der Waals surface area contributed by atoms with Gasteiger partial charge in [-0.2, -0.15) is 0 Å². The number of rotatable bonds is 2. The largest absolute Gasteiger partial charge is 0.398 e. The average Bonchev–Trinajstić information content (AvgIpc) is 2.62. The summed E-state index contributed by atoms with van der Waals surface area (Å²) in [5.41, 5.74) is 6.53. The zero-order valence-electron chi connectivity index (χ0n) is 8.34. The van der Waals surface area contributed by atoms with Gasteiger partial charge in [-0.1, -0.05) is 23.2 Å². The number of hydrogen-bond acceptors (Lipinski definition) is 3. The van der Waals surface area contributed by atoms with Crippen molar-refractivity contribution in [2.45, 2.75) is 0 Å². The number of halogens is 3. The Labute approximate surface area is 120 Å². The molecule has 0 saturated heterocycles. The van der Waals surface area contributed by atoms with E-state index >= 15 is 0 Å². The van der Waals surface area contributed by atoms with Gasteiger partial charge < -0.3 is 5.73 Å². The number of nitrogen functional groups attached to an aromatic ring is 1. The van der Waals surface area contributed by atoms with E-state index in [2.05, 4.69) is 15.9 Å². The minimum absolute atomic E-state index is 0.121. The quantitative estimate of drug-likeness (QED) is 0.633. The molecule has 0 bridgehead atoms. The van der Waals surface area contributed by atoms with Crippen molar-refractivity contribution >= 4 is 61.9 Å². The topological polar surface area (TPSA) is 43.1 Å².